The Balaban J connectivity index is 0.000000250. The molecule has 106 valence electrons. The number of hydrogen-bond donors (Lipinski definition) is 2. The zero-order valence-electron chi connectivity index (χ0n) is 11.7. The van der Waals surface area contributed by atoms with E-state index in [4.69, 9.17) is 9.47 Å². The minimum Gasteiger partial charge on any atom is -0.507 e. The van der Waals surface area contributed by atoms with Crippen LogP contribution in [-0.2, 0) is 4.74 Å². The highest BCUT2D eigenvalue weighted by atomic mass is 16.5. The topological polar surface area (TPSA) is 67.8 Å². The van der Waals surface area contributed by atoms with E-state index in [1.54, 1.807) is 13.0 Å². The first kappa shape index (κ1) is 15.5. The van der Waals surface area contributed by atoms with Gasteiger partial charge >= 0.3 is 0 Å². The predicted molar refractivity (Wildman–Crippen MR) is 73.1 cm³/mol. The second-order valence-corrected chi connectivity index (χ2v) is 4.26. The van der Waals surface area contributed by atoms with Gasteiger partial charge in [0.25, 0.3) is 0 Å². The summed E-state index contributed by atoms with van der Waals surface area (Å²) in [6.07, 6.45) is 0. The maximum absolute atomic E-state index is 11.1. The number of morpholine rings is 1. The van der Waals surface area contributed by atoms with Gasteiger partial charge in [0, 0.05) is 19.2 Å². The molecule has 1 aromatic rings. The van der Waals surface area contributed by atoms with Gasteiger partial charge in [0.15, 0.2) is 5.78 Å². The average molecular weight is 267 g/mol. The predicted octanol–water partition coefficient (Wildman–Crippen LogP) is 1.52. The van der Waals surface area contributed by atoms with Crippen LogP contribution in [0.5, 0.6) is 11.5 Å². The van der Waals surface area contributed by atoms with Gasteiger partial charge in [0.1, 0.15) is 11.5 Å². The van der Waals surface area contributed by atoms with E-state index in [1.165, 1.54) is 20.1 Å². The van der Waals surface area contributed by atoms with Gasteiger partial charge in [-0.15, -0.1) is 0 Å². The normalized spacial score (nSPS) is 14.3. The smallest absolute Gasteiger partial charge is 0.163 e. The third kappa shape index (κ3) is 4.89. The molecule has 0 saturated carbocycles. The molecule has 1 aliphatic heterocycles. The van der Waals surface area contributed by atoms with Gasteiger partial charge in [-0.1, -0.05) is 0 Å². The molecule has 5 heteroatoms. The Labute approximate surface area is 113 Å². The molecule has 2 rings (SSSR count). The third-order valence-corrected chi connectivity index (χ3v) is 2.72. The first-order valence-corrected chi connectivity index (χ1v) is 6.23. The van der Waals surface area contributed by atoms with E-state index in [1.807, 2.05) is 0 Å². The van der Waals surface area contributed by atoms with E-state index in [0.717, 1.165) is 31.9 Å². The molecule has 1 fully saturated rings. The standard InChI is InChI=1S/C10H12O3.C4H9NO/c1-6-4-8(13-3)5-9(12)10(6)7(2)11;1-3-6-4-2-5-1/h4-5,12H,1-3H3;5H,1-4H2. The van der Waals surface area contributed by atoms with Crippen molar-refractivity contribution in [1.82, 2.24) is 5.32 Å². The zero-order chi connectivity index (χ0) is 14.3. The Kier molecular flexibility index (Phi) is 6.32. The van der Waals surface area contributed by atoms with Crippen LogP contribution in [0.4, 0.5) is 0 Å². The molecule has 0 unspecified atom stereocenters. The lowest BCUT2D eigenvalue weighted by Crippen LogP contribution is -2.30. The van der Waals surface area contributed by atoms with Crippen molar-refractivity contribution >= 4 is 5.78 Å². The summed E-state index contributed by atoms with van der Waals surface area (Å²) in [6.45, 7) is 7.02. The second kappa shape index (κ2) is 7.76. The molecule has 5 nitrogen and oxygen atoms in total. The molecule has 2 N–H and O–H groups in total. The number of phenolic OH excluding ortho intramolecular Hbond substituents is 1. The fourth-order valence-electron chi connectivity index (χ4n) is 1.83. The number of Topliss-reactive ketones (excluding diaryl/α,β-unsaturated/α-hetero) is 1. The lowest BCUT2D eigenvalue weighted by Gasteiger charge is -2.10. The largest absolute Gasteiger partial charge is 0.507 e. The van der Waals surface area contributed by atoms with Crippen molar-refractivity contribution < 1.29 is 19.4 Å². The van der Waals surface area contributed by atoms with E-state index < -0.39 is 0 Å². The minimum absolute atomic E-state index is 0.0237. The van der Waals surface area contributed by atoms with Gasteiger partial charge in [0.05, 0.1) is 25.9 Å². The van der Waals surface area contributed by atoms with Crippen LogP contribution in [0, 0.1) is 6.92 Å². The molecule has 0 aromatic heterocycles. The number of phenols is 1. The van der Waals surface area contributed by atoms with E-state index in [2.05, 4.69) is 5.32 Å². The van der Waals surface area contributed by atoms with Crippen LogP contribution in [-0.4, -0.2) is 44.3 Å². The Morgan fingerprint density at radius 1 is 1.37 bits per heavy atom. The van der Waals surface area contributed by atoms with Crippen molar-refractivity contribution in [3.8, 4) is 11.5 Å². The number of aromatic hydroxyl groups is 1. The number of ether oxygens (including phenoxy) is 2. The van der Waals surface area contributed by atoms with E-state index in [0.29, 0.717) is 11.3 Å². The molecule has 0 aliphatic carbocycles. The molecule has 1 saturated heterocycles. The van der Waals surface area contributed by atoms with Gasteiger partial charge in [-0.3, -0.25) is 4.79 Å². The second-order valence-electron chi connectivity index (χ2n) is 4.26. The number of methoxy groups -OCH3 is 1. The molecule has 0 spiro atoms. The van der Waals surface area contributed by atoms with E-state index in [9.17, 15) is 9.90 Å². The quantitative estimate of drug-likeness (QED) is 0.795. The van der Waals surface area contributed by atoms with Crippen LogP contribution >= 0.6 is 0 Å². The summed E-state index contributed by atoms with van der Waals surface area (Å²) in [5, 5.41) is 12.6. The van der Waals surface area contributed by atoms with Crippen LogP contribution in [0.25, 0.3) is 0 Å². The number of carbonyl (C=O) groups is 1. The van der Waals surface area contributed by atoms with Gasteiger partial charge < -0.3 is 19.9 Å². The van der Waals surface area contributed by atoms with Crippen LogP contribution in [0.15, 0.2) is 12.1 Å². The fraction of sp³-hybridized carbons (Fsp3) is 0.500. The van der Waals surface area contributed by atoms with E-state index in [-0.39, 0.29) is 11.5 Å². The molecule has 1 heterocycles. The van der Waals surface area contributed by atoms with Crippen LogP contribution in [0.3, 0.4) is 0 Å². The molecule has 0 atom stereocenters. The highest BCUT2D eigenvalue weighted by Crippen LogP contribution is 2.27. The van der Waals surface area contributed by atoms with Crippen molar-refractivity contribution in [1.29, 1.82) is 0 Å². The highest BCUT2D eigenvalue weighted by Gasteiger charge is 2.11. The molecular weight excluding hydrogens is 246 g/mol. The summed E-state index contributed by atoms with van der Waals surface area (Å²) in [7, 11) is 1.52. The summed E-state index contributed by atoms with van der Waals surface area (Å²) in [6, 6.07) is 3.15. The summed E-state index contributed by atoms with van der Waals surface area (Å²) in [4.78, 5) is 11.1. The Hall–Kier alpha value is -1.59. The van der Waals surface area contributed by atoms with Crippen molar-refractivity contribution in [2.75, 3.05) is 33.4 Å². The number of rotatable bonds is 2. The summed E-state index contributed by atoms with van der Waals surface area (Å²) >= 11 is 0. The van der Waals surface area contributed by atoms with Crippen molar-refractivity contribution in [2.24, 2.45) is 0 Å². The number of ketones is 1. The lowest BCUT2D eigenvalue weighted by atomic mass is 10.0. The SMILES string of the molecule is C1COCCN1.COc1cc(C)c(C(C)=O)c(O)c1. The summed E-state index contributed by atoms with van der Waals surface area (Å²) in [5.74, 6) is 0.391. The molecule has 0 radical (unpaired) electrons. The molecule has 0 bridgehead atoms. The Morgan fingerprint density at radius 3 is 2.32 bits per heavy atom. The summed E-state index contributed by atoms with van der Waals surface area (Å²) in [5.41, 5.74) is 1.09. The van der Waals surface area contributed by atoms with Crippen molar-refractivity contribution in [3.05, 3.63) is 23.3 Å². The van der Waals surface area contributed by atoms with Gasteiger partial charge in [-0.2, -0.15) is 0 Å². The highest BCUT2D eigenvalue weighted by molar-refractivity contribution is 5.98. The van der Waals surface area contributed by atoms with E-state index >= 15 is 0 Å². The van der Waals surface area contributed by atoms with Gasteiger partial charge in [-0.05, 0) is 25.5 Å². The monoisotopic (exact) mass is 267 g/mol. The fourth-order valence-corrected chi connectivity index (χ4v) is 1.83. The molecule has 1 aliphatic rings. The molecular formula is C14H21NO4. The Morgan fingerprint density at radius 2 is 2.00 bits per heavy atom. The number of benzene rings is 1. The maximum atomic E-state index is 11.1. The van der Waals surface area contributed by atoms with Crippen LogP contribution in [0.1, 0.15) is 22.8 Å². The number of carbonyl (C=O) groups excluding carboxylic acids is 1. The average Bonchev–Trinajstić information content (AvgIpc) is 2.40. The van der Waals surface area contributed by atoms with Gasteiger partial charge in [0.2, 0.25) is 0 Å². The third-order valence-electron chi connectivity index (χ3n) is 2.72. The van der Waals surface area contributed by atoms with Crippen LogP contribution < -0.4 is 10.1 Å². The van der Waals surface area contributed by atoms with Crippen LogP contribution in [0.2, 0.25) is 0 Å². The number of nitrogens with one attached hydrogen (secondary N) is 1. The molecule has 19 heavy (non-hydrogen) atoms. The van der Waals surface area contributed by atoms with Gasteiger partial charge in [-0.25, -0.2) is 0 Å². The van der Waals surface area contributed by atoms with Crippen molar-refractivity contribution in [2.45, 2.75) is 13.8 Å². The first-order chi connectivity index (χ1) is 9.06. The summed E-state index contributed by atoms with van der Waals surface area (Å²) < 4.78 is 9.95. The van der Waals surface area contributed by atoms with Crippen molar-refractivity contribution in [3.63, 3.8) is 0 Å². The molecule has 1 aromatic carbocycles. The molecule has 0 amide bonds. The number of hydrogen-bond acceptors (Lipinski definition) is 5. The number of aryl methyl sites for hydroxylation is 1. The first-order valence-electron chi connectivity index (χ1n) is 6.23. The minimum atomic E-state index is -0.141. The zero-order valence-corrected chi connectivity index (χ0v) is 11.7. The lowest BCUT2D eigenvalue weighted by molar-refractivity contribution is 0.101. The Bertz CT molecular complexity index is 393. The maximum Gasteiger partial charge on any atom is 0.163 e.